The minimum Gasteiger partial charge on any atom is -0.454 e. The molecule has 2 heterocycles. The van der Waals surface area contributed by atoms with E-state index in [1.807, 2.05) is 26.0 Å². The van der Waals surface area contributed by atoms with E-state index in [1.54, 1.807) is 24.5 Å². The van der Waals surface area contributed by atoms with Crippen LogP contribution in [-0.2, 0) is 0 Å². The second kappa shape index (κ2) is 5.60. The number of aliphatic hydroxyl groups excluding tert-OH is 1. The van der Waals surface area contributed by atoms with Crippen LogP contribution in [0.1, 0.15) is 30.8 Å². The van der Waals surface area contributed by atoms with Gasteiger partial charge < -0.3 is 9.84 Å². The first-order valence-corrected chi connectivity index (χ1v) is 5.94. The monoisotopic (exact) mass is 244 g/mol. The van der Waals surface area contributed by atoms with Gasteiger partial charge in [0.25, 0.3) is 0 Å². The van der Waals surface area contributed by atoms with Crippen LogP contribution >= 0.6 is 0 Å². The molecule has 0 saturated heterocycles. The van der Waals surface area contributed by atoms with Gasteiger partial charge in [-0.3, -0.25) is 9.97 Å². The Hall–Kier alpha value is -1.94. The van der Waals surface area contributed by atoms with Crippen LogP contribution in [0.2, 0.25) is 0 Å². The zero-order valence-corrected chi connectivity index (χ0v) is 10.5. The Balaban J connectivity index is 2.14. The fourth-order valence-electron chi connectivity index (χ4n) is 1.56. The fraction of sp³-hybridized carbons (Fsp3) is 0.286. The number of nitrogens with zero attached hydrogens (tertiary/aromatic N) is 2. The van der Waals surface area contributed by atoms with Crippen molar-refractivity contribution in [3.8, 4) is 11.5 Å². The second-order valence-corrected chi connectivity index (χ2v) is 4.03. The van der Waals surface area contributed by atoms with E-state index in [0.29, 0.717) is 23.6 Å². The molecule has 2 aromatic heterocycles. The van der Waals surface area contributed by atoms with E-state index in [2.05, 4.69) is 9.97 Å². The second-order valence-electron chi connectivity index (χ2n) is 4.03. The van der Waals surface area contributed by atoms with Crippen LogP contribution in [0.25, 0.3) is 0 Å². The number of rotatable bonds is 4. The number of pyridine rings is 2. The Morgan fingerprint density at radius 2 is 2.11 bits per heavy atom. The first-order chi connectivity index (χ1) is 8.70. The predicted molar refractivity (Wildman–Crippen MR) is 68.5 cm³/mol. The van der Waals surface area contributed by atoms with Crippen molar-refractivity contribution in [3.63, 3.8) is 0 Å². The number of aromatic nitrogens is 2. The SMILES string of the molecule is CC[C@H](O)c1ccc(Oc2cccnc2C)cn1. The molecule has 0 amide bonds. The third kappa shape index (κ3) is 2.84. The maximum atomic E-state index is 9.64. The number of ether oxygens (including phenoxy) is 1. The topological polar surface area (TPSA) is 55.2 Å². The Labute approximate surface area is 106 Å². The van der Waals surface area contributed by atoms with E-state index in [9.17, 15) is 5.11 Å². The molecule has 2 rings (SSSR count). The zero-order valence-electron chi connectivity index (χ0n) is 10.5. The molecule has 4 nitrogen and oxygen atoms in total. The molecular formula is C14H16N2O2. The van der Waals surface area contributed by atoms with Crippen LogP contribution in [0.15, 0.2) is 36.7 Å². The average Bonchev–Trinajstić information content (AvgIpc) is 2.41. The molecule has 0 aliphatic rings. The molecule has 0 saturated carbocycles. The van der Waals surface area contributed by atoms with E-state index < -0.39 is 6.10 Å². The average molecular weight is 244 g/mol. The lowest BCUT2D eigenvalue weighted by Crippen LogP contribution is -1.98. The summed E-state index contributed by atoms with van der Waals surface area (Å²) in [5, 5.41) is 9.64. The molecule has 0 fully saturated rings. The molecule has 0 spiro atoms. The van der Waals surface area contributed by atoms with E-state index in [-0.39, 0.29) is 0 Å². The van der Waals surface area contributed by atoms with Crippen LogP contribution in [0.3, 0.4) is 0 Å². The van der Waals surface area contributed by atoms with Gasteiger partial charge in [0.2, 0.25) is 0 Å². The van der Waals surface area contributed by atoms with Crippen LogP contribution in [0.5, 0.6) is 11.5 Å². The van der Waals surface area contributed by atoms with Gasteiger partial charge in [0.15, 0.2) is 0 Å². The summed E-state index contributed by atoms with van der Waals surface area (Å²) in [4.78, 5) is 8.33. The summed E-state index contributed by atoms with van der Waals surface area (Å²) in [5.41, 5.74) is 1.49. The molecule has 0 aliphatic heterocycles. The maximum absolute atomic E-state index is 9.64. The molecule has 0 aliphatic carbocycles. The standard InChI is InChI=1S/C14H16N2O2/c1-3-13(17)12-7-6-11(9-16-12)18-14-5-4-8-15-10(14)2/h4-9,13,17H,3H2,1-2H3/t13-/m0/s1. The van der Waals surface area contributed by atoms with Gasteiger partial charge in [0.1, 0.15) is 11.5 Å². The van der Waals surface area contributed by atoms with Gasteiger partial charge in [-0.05, 0) is 37.6 Å². The van der Waals surface area contributed by atoms with Gasteiger partial charge in [-0.2, -0.15) is 0 Å². The first-order valence-electron chi connectivity index (χ1n) is 5.94. The summed E-state index contributed by atoms with van der Waals surface area (Å²) in [7, 11) is 0. The summed E-state index contributed by atoms with van der Waals surface area (Å²) in [6.45, 7) is 3.80. The molecule has 0 aromatic carbocycles. The highest BCUT2D eigenvalue weighted by atomic mass is 16.5. The third-order valence-electron chi connectivity index (χ3n) is 2.67. The van der Waals surface area contributed by atoms with Crippen molar-refractivity contribution >= 4 is 0 Å². The van der Waals surface area contributed by atoms with Crippen molar-refractivity contribution in [3.05, 3.63) is 48.0 Å². The molecule has 4 heteroatoms. The Morgan fingerprint density at radius 3 is 2.72 bits per heavy atom. The maximum Gasteiger partial charge on any atom is 0.148 e. The molecule has 0 bridgehead atoms. The highest BCUT2D eigenvalue weighted by Crippen LogP contribution is 2.23. The van der Waals surface area contributed by atoms with E-state index in [4.69, 9.17) is 4.74 Å². The molecule has 2 aromatic rings. The third-order valence-corrected chi connectivity index (χ3v) is 2.67. The van der Waals surface area contributed by atoms with Gasteiger partial charge in [-0.25, -0.2) is 0 Å². The Morgan fingerprint density at radius 1 is 1.28 bits per heavy atom. The van der Waals surface area contributed by atoms with Gasteiger partial charge in [-0.15, -0.1) is 0 Å². The lowest BCUT2D eigenvalue weighted by Gasteiger charge is -2.09. The highest BCUT2D eigenvalue weighted by Gasteiger charge is 2.07. The highest BCUT2D eigenvalue weighted by molar-refractivity contribution is 5.32. The minimum atomic E-state index is -0.515. The van der Waals surface area contributed by atoms with Gasteiger partial charge >= 0.3 is 0 Å². The summed E-state index contributed by atoms with van der Waals surface area (Å²) in [5.74, 6) is 1.35. The van der Waals surface area contributed by atoms with E-state index in [0.717, 1.165) is 5.69 Å². The number of aryl methyl sites for hydroxylation is 1. The zero-order chi connectivity index (χ0) is 13.0. The largest absolute Gasteiger partial charge is 0.454 e. The van der Waals surface area contributed by atoms with E-state index >= 15 is 0 Å². The van der Waals surface area contributed by atoms with Crippen LogP contribution in [-0.4, -0.2) is 15.1 Å². The van der Waals surface area contributed by atoms with Crippen molar-refractivity contribution in [1.82, 2.24) is 9.97 Å². The molecule has 1 N–H and O–H groups in total. The first kappa shape index (κ1) is 12.5. The quantitative estimate of drug-likeness (QED) is 0.898. The van der Waals surface area contributed by atoms with Crippen LogP contribution < -0.4 is 4.74 Å². The Kier molecular flexibility index (Phi) is 3.89. The molecular weight excluding hydrogens is 228 g/mol. The van der Waals surface area contributed by atoms with Gasteiger partial charge in [-0.1, -0.05) is 6.92 Å². The van der Waals surface area contributed by atoms with Crippen LogP contribution in [0.4, 0.5) is 0 Å². The summed E-state index contributed by atoms with van der Waals surface area (Å²) in [6, 6.07) is 7.25. The minimum absolute atomic E-state index is 0.515. The number of hydrogen-bond acceptors (Lipinski definition) is 4. The van der Waals surface area contributed by atoms with Crippen molar-refractivity contribution in [2.24, 2.45) is 0 Å². The predicted octanol–water partition coefficient (Wildman–Crippen LogP) is 3.02. The van der Waals surface area contributed by atoms with Crippen molar-refractivity contribution < 1.29 is 9.84 Å². The molecule has 18 heavy (non-hydrogen) atoms. The van der Waals surface area contributed by atoms with Crippen molar-refractivity contribution in [1.29, 1.82) is 0 Å². The van der Waals surface area contributed by atoms with E-state index in [1.165, 1.54) is 0 Å². The summed E-state index contributed by atoms with van der Waals surface area (Å²) < 4.78 is 5.67. The normalized spacial score (nSPS) is 12.2. The molecule has 94 valence electrons. The molecule has 0 radical (unpaired) electrons. The molecule has 0 unspecified atom stereocenters. The van der Waals surface area contributed by atoms with Crippen molar-refractivity contribution in [2.75, 3.05) is 0 Å². The van der Waals surface area contributed by atoms with Gasteiger partial charge in [0, 0.05) is 6.20 Å². The van der Waals surface area contributed by atoms with Crippen molar-refractivity contribution in [2.45, 2.75) is 26.4 Å². The summed E-state index contributed by atoms with van der Waals surface area (Å²) in [6.07, 6.45) is 3.47. The van der Waals surface area contributed by atoms with Gasteiger partial charge in [0.05, 0.1) is 23.7 Å². The Bertz CT molecular complexity index is 511. The number of aliphatic hydroxyl groups is 1. The lowest BCUT2D eigenvalue weighted by atomic mass is 10.2. The lowest BCUT2D eigenvalue weighted by molar-refractivity contribution is 0.169. The summed E-state index contributed by atoms with van der Waals surface area (Å²) >= 11 is 0. The smallest absolute Gasteiger partial charge is 0.148 e. The number of hydrogen-bond donors (Lipinski definition) is 1. The van der Waals surface area contributed by atoms with Crippen LogP contribution in [0, 0.1) is 6.92 Å². The fourth-order valence-corrected chi connectivity index (χ4v) is 1.56. The molecule has 1 atom stereocenters.